The van der Waals surface area contributed by atoms with E-state index in [0.29, 0.717) is 19.7 Å². The molecule has 6 heteroatoms. The van der Waals surface area contributed by atoms with Crippen LogP contribution in [-0.4, -0.2) is 35.5 Å². The second-order valence-corrected chi connectivity index (χ2v) is 5.50. The number of aromatic nitrogens is 1. The summed E-state index contributed by atoms with van der Waals surface area (Å²) in [6, 6.07) is 3.74. The minimum atomic E-state index is -0.188. The zero-order chi connectivity index (χ0) is 15.1. The SMILES string of the molecule is CCCN(CC(=O)OCC)Cc1csc(-c2ccco2)n1. The minimum Gasteiger partial charge on any atom is -0.465 e. The number of ether oxygens (including phenoxy) is 1. The zero-order valence-electron chi connectivity index (χ0n) is 12.4. The van der Waals surface area contributed by atoms with Crippen molar-refractivity contribution in [1.82, 2.24) is 9.88 Å². The van der Waals surface area contributed by atoms with Crippen molar-refractivity contribution in [2.45, 2.75) is 26.8 Å². The van der Waals surface area contributed by atoms with E-state index in [-0.39, 0.29) is 5.97 Å². The molecule has 0 radical (unpaired) electrons. The topological polar surface area (TPSA) is 55.6 Å². The van der Waals surface area contributed by atoms with Gasteiger partial charge in [-0.3, -0.25) is 9.69 Å². The molecule has 0 unspecified atom stereocenters. The van der Waals surface area contributed by atoms with Gasteiger partial charge in [0.1, 0.15) is 0 Å². The van der Waals surface area contributed by atoms with Crippen LogP contribution in [0.1, 0.15) is 26.0 Å². The van der Waals surface area contributed by atoms with Crippen LogP contribution in [0.2, 0.25) is 0 Å². The van der Waals surface area contributed by atoms with Crippen molar-refractivity contribution in [2.24, 2.45) is 0 Å². The highest BCUT2D eigenvalue weighted by molar-refractivity contribution is 7.13. The third kappa shape index (κ3) is 4.68. The van der Waals surface area contributed by atoms with Gasteiger partial charge in [-0.05, 0) is 32.0 Å². The third-order valence-electron chi connectivity index (χ3n) is 2.87. The number of rotatable bonds is 8. The highest BCUT2D eigenvalue weighted by Gasteiger charge is 2.14. The van der Waals surface area contributed by atoms with E-state index in [0.717, 1.165) is 29.4 Å². The molecule has 0 aliphatic carbocycles. The lowest BCUT2D eigenvalue weighted by Gasteiger charge is -2.19. The van der Waals surface area contributed by atoms with Crippen molar-refractivity contribution in [2.75, 3.05) is 19.7 Å². The number of carbonyl (C=O) groups is 1. The maximum atomic E-state index is 11.6. The van der Waals surface area contributed by atoms with Crippen molar-refractivity contribution >= 4 is 17.3 Å². The number of esters is 1. The number of furan rings is 1. The summed E-state index contributed by atoms with van der Waals surface area (Å²) in [6.07, 6.45) is 2.62. The van der Waals surface area contributed by atoms with Crippen molar-refractivity contribution < 1.29 is 13.9 Å². The number of hydrogen-bond donors (Lipinski definition) is 0. The van der Waals surface area contributed by atoms with Crippen LogP contribution < -0.4 is 0 Å². The van der Waals surface area contributed by atoms with Gasteiger partial charge in [0.2, 0.25) is 0 Å². The Morgan fingerprint density at radius 3 is 3.00 bits per heavy atom. The molecule has 0 aliphatic rings. The molecule has 2 rings (SSSR count). The Labute approximate surface area is 128 Å². The highest BCUT2D eigenvalue weighted by Crippen LogP contribution is 2.24. The molecule has 0 spiro atoms. The fourth-order valence-corrected chi connectivity index (χ4v) is 2.82. The smallest absolute Gasteiger partial charge is 0.320 e. The Hall–Kier alpha value is -1.66. The molecule has 2 aromatic rings. The van der Waals surface area contributed by atoms with E-state index in [1.165, 1.54) is 0 Å². The first-order valence-electron chi connectivity index (χ1n) is 7.09. The first kappa shape index (κ1) is 15.7. The molecule has 0 saturated carbocycles. The van der Waals surface area contributed by atoms with E-state index >= 15 is 0 Å². The van der Waals surface area contributed by atoms with Gasteiger partial charge < -0.3 is 9.15 Å². The van der Waals surface area contributed by atoms with Crippen molar-refractivity contribution in [3.63, 3.8) is 0 Å². The summed E-state index contributed by atoms with van der Waals surface area (Å²) in [5.74, 6) is 0.589. The molecule has 0 aromatic carbocycles. The van der Waals surface area contributed by atoms with Crippen LogP contribution >= 0.6 is 11.3 Å². The Morgan fingerprint density at radius 2 is 2.33 bits per heavy atom. The molecule has 0 aliphatic heterocycles. The molecule has 0 atom stereocenters. The van der Waals surface area contributed by atoms with Crippen LogP contribution in [-0.2, 0) is 16.1 Å². The van der Waals surface area contributed by atoms with Gasteiger partial charge in [0, 0.05) is 11.9 Å². The van der Waals surface area contributed by atoms with Gasteiger partial charge >= 0.3 is 5.97 Å². The van der Waals surface area contributed by atoms with Gasteiger partial charge in [-0.1, -0.05) is 6.92 Å². The summed E-state index contributed by atoms with van der Waals surface area (Å²) in [5.41, 5.74) is 0.948. The van der Waals surface area contributed by atoms with Gasteiger partial charge in [0.25, 0.3) is 0 Å². The average Bonchev–Trinajstić information content (AvgIpc) is 3.09. The predicted octanol–water partition coefficient (Wildman–Crippen LogP) is 3.18. The maximum Gasteiger partial charge on any atom is 0.320 e. The first-order chi connectivity index (χ1) is 10.2. The molecule has 114 valence electrons. The number of hydrogen-bond acceptors (Lipinski definition) is 6. The molecular formula is C15H20N2O3S. The van der Waals surface area contributed by atoms with Crippen LogP contribution in [0.5, 0.6) is 0 Å². The molecule has 2 aromatic heterocycles. The number of thiazole rings is 1. The van der Waals surface area contributed by atoms with Gasteiger partial charge in [-0.2, -0.15) is 0 Å². The summed E-state index contributed by atoms with van der Waals surface area (Å²) in [5, 5.41) is 2.87. The normalized spacial score (nSPS) is 11.0. The second-order valence-electron chi connectivity index (χ2n) is 4.64. The molecule has 5 nitrogen and oxygen atoms in total. The standard InChI is InChI=1S/C15H20N2O3S/c1-3-7-17(10-14(18)19-4-2)9-12-11-21-15(16-12)13-6-5-8-20-13/h5-6,8,11H,3-4,7,9-10H2,1-2H3. The fourth-order valence-electron chi connectivity index (χ4n) is 2.04. The van der Waals surface area contributed by atoms with E-state index in [9.17, 15) is 4.79 Å². The monoisotopic (exact) mass is 308 g/mol. The average molecular weight is 308 g/mol. The van der Waals surface area contributed by atoms with Gasteiger partial charge in [-0.25, -0.2) is 4.98 Å². The first-order valence-corrected chi connectivity index (χ1v) is 7.97. The van der Waals surface area contributed by atoms with Gasteiger partial charge in [0.05, 0.1) is 25.1 Å². The lowest BCUT2D eigenvalue weighted by molar-refractivity contribution is -0.144. The summed E-state index contributed by atoms with van der Waals surface area (Å²) < 4.78 is 10.3. The highest BCUT2D eigenvalue weighted by atomic mass is 32.1. The van der Waals surface area contributed by atoms with Crippen molar-refractivity contribution in [3.8, 4) is 10.8 Å². The Balaban J connectivity index is 1.98. The molecule has 0 fully saturated rings. The molecule has 0 amide bonds. The van der Waals surface area contributed by atoms with Crippen LogP contribution in [0, 0.1) is 0 Å². The van der Waals surface area contributed by atoms with E-state index in [2.05, 4.69) is 16.8 Å². The predicted molar refractivity (Wildman–Crippen MR) is 82.0 cm³/mol. The minimum absolute atomic E-state index is 0.188. The summed E-state index contributed by atoms with van der Waals surface area (Å²) in [7, 11) is 0. The molecule has 21 heavy (non-hydrogen) atoms. The maximum absolute atomic E-state index is 11.6. The number of carbonyl (C=O) groups excluding carboxylic acids is 1. The van der Waals surface area contributed by atoms with Crippen molar-refractivity contribution in [1.29, 1.82) is 0 Å². The molecule has 0 N–H and O–H groups in total. The molecule has 2 heterocycles. The van der Waals surface area contributed by atoms with Crippen LogP contribution in [0.4, 0.5) is 0 Å². The van der Waals surface area contributed by atoms with E-state index in [1.54, 1.807) is 17.6 Å². The third-order valence-corrected chi connectivity index (χ3v) is 3.77. The summed E-state index contributed by atoms with van der Waals surface area (Å²) in [4.78, 5) is 18.2. The Bertz CT molecular complexity index is 551. The van der Waals surface area contributed by atoms with E-state index in [1.807, 2.05) is 24.4 Å². The van der Waals surface area contributed by atoms with Crippen LogP contribution in [0.3, 0.4) is 0 Å². The Morgan fingerprint density at radius 1 is 1.48 bits per heavy atom. The van der Waals surface area contributed by atoms with Crippen molar-refractivity contribution in [3.05, 3.63) is 29.5 Å². The summed E-state index contributed by atoms with van der Waals surface area (Å²) >= 11 is 1.55. The Kier molecular flexibility index (Phi) is 5.95. The van der Waals surface area contributed by atoms with Gasteiger partial charge in [0.15, 0.2) is 10.8 Å². The van der Waals surface area contributed by atoms with Crippen LogP contribution in [0.25, 0.3) is 10.8 Å². The number of nitrogens with zero attached hydrogens (tertiary/aromatic N) is 2. The second kappa shape index (κ2) is 7.95. The largest absolute Gasteiger partial charge is 0.465 e. The summed E-state index contributed by atoms with van der Waals surface area (Å²) in [6.45, 7) is 6.11. The van der Waals surface area contributed by atoms with E-state index < -0.39 is 0 Å². The quantitative estimate of drug-likeness (QED) is 0.701. The fraction of sp³-hybridized carbons (Fsp3) is 0.467. The lowest BCUT2D eigenvalue weighted by atomic mass is 10.3. The zero-order valence-corrected chi connectivity index (χ0v) is 13.2. The van der Waals surface area contributed by atoms with Gasteiger partial charge in [-0.15, -0.1) is 11.3 Å². The molecular weight excluding hydrogens is 288 g/mol. The van der Waals surface area contributed by atoms with E-state index in [4.69, 9.17) is 9.15 Å². The van der Waals surface area contributed by atoms with Crippen LogP contribution in [0.15, 0.2) is 28.2 Å². The molecule has 0 bridgehead atoms. The molecule has 0 saturated heterocycles. The lowest BCUT2D eigenvalue weighted by Crippen LogP contribution is -2.31.